The van der Waals surface area contributed by atoms with E-state index < -0.39 is 23.6 Å². The van der Waals surface area contributed by atoms with Crippen molar-refractivity contribution in [3.05, 3.63) is 58.5 Å². The van der Waals surface area contributed by atoms with Crippen LogP contribution in [0.5, 0.6) is 0 Å². The number of fused-ring (bicyclic) bond motifs is 1. The fraction of sp³-hybridized carbons (Fsp3) is 0.481. The van der Waals surface area contributed by atoms with Crippen molar-refractivity contribution in [3.63, 3.8) is 0 Å². The first-order valence-electron chi connectivity index (χ1n) is 11.7. The highest BCUT2D eigenvalue weighted by Crippen LogP contribution is 2.45. The van der Waals surface area contributed by atoms with Gasteiger partial charge in [0.05, 0.1) is 22.6 Å². The molecule has 1 fully saturated rings. The van der Waals surface area contributed by atoms with Gasteiger partial charge in [0, 0.05) is 33.2 Å². The molecule has 3 N–H and O–H groups in total. The number of benzene rings is 1. The Morgan fingerprint density at radius 1 is 1.26 bits per heavy atom. The van der Waals surface area contributed by atoms with E-state index in [1.54, 1.807) is 37.3 Å². The molecule has 0 spiro atoms. The summed E-state index contributed by atoms with van der Waals surface area (Å²) in [6.07, 6.45) is 8.68. The van der Waals surface area contributed by atoms with Gasteiger partial charge in [0.15, 0.2) is 0 Å². The van der Waals surface area contributed by atoms with Crippen LogP contribution in [0.4, 0.5) is 0 Å². The van der Waals surface area contributed by atoms with Gasteiger partial charge in [-0.05, 0) is 38.2 Å². The fourth-order valence-electron chi connectivity index (χ4n) is 4.59. The summed E-state index contributed by atoms with van der Waals surface area (Å²) in [5.41, 5.74) is -0.855. The number of aliphatic carboxylic acids is 1. The molecule has 0 unspecified atom stereocenters. The second-order valence-corrected chi connectivity index (χ2v) is 11.0. The highest BCUT2D eigenvalue weighted by Gasteiger charge is 2.52. The Morgan fingerprint density at radius 3 is 2.71 bits per heavy atom. The molecule has 5 nitrogen and oxygen atoms in total. The maximum atomic E-state index is 13.0. The molecule has 0 saturated heterocycles. The largest absolute Gasteiger partial charge is 0.481 e. The first-order chi connectivity index (χ1) is 16.1. The molecule has 3 rings (SSSR count). The van der Waals surface area contributed by atoms with Crippen LogP contribution in [-0.2, 0) is 16.0 Å². The summed E-state index contributed by atoms with van der Waals surface area (Å²) in [5.74, 6) is -1.56. The number of carbonyl (C=O) groups excluding carboxylic acids is 1. The Hall–Kier alpha value is -1.99. The van der Waals surface area contributed by atoms with E-state index in [2.05, 4.69) is 0 Å². The fourth-order valence-corrected chi connectivity index (χ4v) is 6.13. The second-order valence-electron chi connectivity index (χ2n) is 9.53. The summed E-state index contributed by atoms with van der Waals surface area (Å²) in [4.78, 5) is 24.6. The van der Waals surface area contributed by atoms with Gasteiger partial charge in [0.2, 0.25) is 0 Å². The summed E-state index contributed by atoms with van der Waals surface area (Å²) < 4.78 is 1.13. The van der Waals surface area contributed by atoms with Crippen molar-refractivity contribution in [1.82, 2.24) is 0 Å². The average molecular weight is 505 g/mol. The summed E-state index contributed by atoms with van der Waals surface area (Å²) in [7, 11) is 0. The minimum atomic E-state index is -0.855. The van der Waals surface area contributed by atoms with Crippen molar-refractivity contribution in [3.8, 4) is 0 Å². The van der Waals surface area contributed by atoms with Crippen molar-refractivity contribution in [2.45, 2.75) is 64.6 Å². The Balaban J connectivity index is 1.61. The molecule has 1 aromatic heterocycles. The number of rotatable bonds is 11. The molecule has 1 heterocycles. The van der Waals surface area contributed by atoms with E-state index in [4.69, 9.17) is 16.7 Å². The van der Waals surface area contributed by atoms with Gasteiger partial charge >= 0.3 is 5.97 Å². The summed E-state index contributed by atoms with van der Waals surface area (Å²) in [6.45, 7) is 3.52. The first-order valence-corrected chi connectivity index (χ1v) is 12.9. The topological polar surface area (TPSA) is 94.8 Å². The molecule has 184 valence electrons. The van der Waals surface area contributed by atoms with Crippen molar-refractivity contribution >= 4 is 44.8 Å². The molecule has 0 amide bonds. The average Bonchev–Trinajstić information content (AvgIpc) is 3.20. The molecule has 4 atom stereocenters. The normalized spacial score (nSPS) is 23.4. The minimum absolute atomic E-state index is 0.0105. The van der Waals surface area contributed by atoms with Gasteiger partial charge in [0.25, 0.3) is 0 Å². The van der Waals surface area contributed by atoms with E-state index in [1.165, 1.54) is 0 Å². The van der Waals surface area contributed by atoms with Gasteiger partial charge in [-0.25, -0.2) is 0 Å². The smallest absolute Gasteiger partial charge is 0.303 e. The highest BCUT2D eigenvalue weighted by atomic mass is 35.5. The van der Waals surface area contributed by atoms with Gasteiger partial charge in [0.1, 0.15) is 5.78 Å². The highest BCUT2D eigenvalue weighted by molar-refractivity contribution is 7.19. The molecule has 2 aromatic rings. The van der Waals surface area contributed by atoms with Crippen molar-refractivity contribution in [1.29, 1.82) is 0 Å². The number of hydrogen-bond donors (Lipinski definition) is 3. The number of carboxylic acids is 1. The number of Topliss-reactive ketones (excluding diaryl/α,β-unsaturated/α-hetero) is 1. The Bertz CT molecular complexity index is 1070. The van der Waals surface area contributed by atoms with E-state index in [-0.39, 0.29) is 24.0 Å². The van der Waals surface area contributed by atoms with Crippen LogP contribution in [0.1, 0.15) is 50.8 Å². The lowest BCUT2D eigenvalue weighted by atomic mass is 9.86. The third-order valence-electron chi connectivity index (χ3n) is 6.68. The predicted molar refractivity (Wildman–Crippen MR) is 137 cm³/mol. The molecule has 0 aliphatic heterocycles. The zero-order valence-electron chi connectivity index (χ0n) is 19.6. The van der Waals surface area contributed by atoms with Crippen LogP contribution in [0.25, 0.3) is 10.1 Å². The van der Waals surface area contributed by atoms with Crippen LogP contribution in [0.3, 0.4) is 0 Å². The number of aryl methyl sites for hydroxylation is 1. The summed E-state index contributed by atoms with van der Waals surface area (Å²) in [5, 5.41) is 31.9. The zero-order chi connectivity index (χ0) is 24.9. The third-order valence-corrected chi connectivity index (χ3v) is 8.46. The van der Waals surface area contributed by atoms with Gasteiger partial charge in [-0.2, -0.15) is 0 Å². The molecule has 1 aliphatic carbocycles. The SMILES string of the molecule is CC1(C)C(=O)[C@H](CC=CCCCC(=O)O)[C@@H](/C=C/[C@H](O)CCc2sc3ccccc3c2Cl)[C@@H]1O. The van der Waals surface area contributed by atoms with Crippen LogP contribution in [-0.4, -0.2) is 39.3 Å². The summed E-state index contributed by atoms with van der Waals surface area (Å²) in [6, 6.07) is 7.97. The number of halogens is 1. The molecule has 1 aliphatic rings. The molecule has 1 saturated carbocycles. The lowest BCUT2D eigenvalue weighted by Crippen LogP contribution is -2.31. The van der Waals surface area contributed by atoms with E-state index in [1.807, 2.05) is 36.4 Å². The third kappa shape index (κ3) is 6.16. The number of aliphatic hydroxyl groups is 2. The quantitative estimate of drug-likeness (QED) is 0.265. The van der Waals surface area contributed by atoms with Crippen molar-refractivity contribution in [2.75, 3.05) is 0 Å². The minimum Gasteiger partial charge on any atom is -0.481 e. The van der Waals surface area contributed by atoms with Crippen molar-refractivity contribution in [2.24, 2.45) is 17.3 Å². The van der Waals surface area contributed by atoms with Crippen LogP contribution >= 0.6 is 22.9 Å². The zero-order valence-corrected chi connectivity index (χ0v) is 21.2. The molecular formula is C27H33ClO5S. The number of unbranched alkanes of at least 4 members (excludes halogenated alkanes) is 1. The van der Waals surface area contributed by atoms with Crippen LogP contribution in [0.2, 0.25) is 5.02 Å². The van der Waals surface area contributed by atoms with Gasteiger partial charge in [-0.15, -0.1) is 11.3 Å². The molecule has 34 heavy (non-hydrogen) atoms. The van der Waals surface area contributed by atoms with E-state index in [0.717, 1.165) is 20.0 Å². The molecule has 0 radical (unpaired) electrons. The second kappa shape index (κ2) is 11.6. The van der Waals surface area contributed by atoms with Gasteiger partial charge in [-0.3, -0.25) is 9.59 Å². The molecule has 1 aromatic carbocycles. The first kappa shape index (κ1) is 26.6. The Kier molecular flexibility index (Phi) is 9.10. The molecule has 7 heteroatoms. The van der Waals surface area contributed by atoms with Gasteiger partial charge in [-0.1, -0.05) is 68.0 Å². The monoisotopic (exact) mass is 504 g/mol. The molecular weight excluding hydrogens is 472 g/mol. The lowest BCUT2D eigenvalue weighted by molar-refractivity contribution is -0.137. The number of carbonyl (C=O) groups is 2. The van der Waals surface area contributed by atoms with E-state index in [9.17, 15) is 19.8 Å². The van der Waals surface area contributed by atoms with Crippen LogP contribution < -0.4 is 0 Å². The number of allylic oxidation sites excluding steroid dienone is 2. The molecule has 0 bridgehead atoms. The number of thiophene rings is 1. The van der Waals surface area contributed by atoms with Crippen LogP contribution in [0, 0.1) is 17.3 Å². The standard InChI is InChI=1S/C27H33ClO5S/c1-27(2)25(32)18(9-5-3-4-6-12-23(30)31)19(26(27)33)15-13-17(29)14-16-22-24(28)20-10-7-8-11-21(20)34-22/h3,5,7-8,10-11,13,15,17-19,26,29,33H,4,6,9,12,14,16H2,1-2H3,(H,30,31)/b5-3?,15-13+/t17-,18+,19+,26-/m0/s1. The predicted octanol–water partition coefficient (Wildman–Crippen LogP) is 5.81. The Morgan fingerprint density at radius 2 is 2.00 bits per heavy atom. The van der Waals surface area contributed by atoms with Gasteiger partial charge < -0.3 is 15.3 Å². The number of aliphatic hydroxyl groups excluding tert-OH is 2. The van der Waals surface area contributed by atoms with E-state index in [0.29, 0.717) is 32.1 Å². The van der Waals surface area contributed by atoms with Crippen molar-refractivity contribution < 1.29 is 24.9 Å². The number of ketones is 1. The maximum absolute atomic E-state index is 13.0. The van der Waals surface area contributed by atoms with Crippen LogP contribution in [0.15, 0.2) is 48.6 Å². The lowest BCUT2D eigenvalue weighted by Gasteiger charge is -2.22. The van der Waals surface area contributed by atoms with E-state index >= 15 is 0 Å². The Labute approximate surface area is 209 Å². The number of hydrogen-bond acceptors (Lipinski definition) is 5. The number of carboxylic acid groups (broad SMARTS) is 1. The summed E-state index contributed by atoms with van der Waals surface area (Å²) >= 11 is 8.14. The maximum Gasteiger partial charge on any atom is 0.303 e.